The normalized spacial score (nSPS) is 30.5. The van der Waals surface area contributed by atoms with E-state index in [9.17, 15) is 4.57 Å². The monoisotopic (exact) mass is 276 g/mol. The SMILES string of the molecule is CP1(=O)CCC2=C1CC(OCc1ccccc1)CC2. The summed E-state index contributed by atoms with van der Waals surface area (Å²) in [6.45, 7) is 2.62. The fourth-order valence-corrected chi connectivity index (χ4v) is 5.60. The van der Waals surface area contributed by atoms with E-state index in [1.807, 2.05) is 24.9 Å². The minimum atomic E-state index is -2.01. The Labute approximate surface area is 115 Å². The zero-order valence-electron chi connectivity index (χ0n) is 11.5. The first-order valence-corrected chi connectivity index (χ1v) is 9.42. The molecule has 1 heterocycles. The molecule has 2 aliphatic rings. The maximum atomic E-state index is 12.5. The lowest BCUT2D eigenvalue weighted by molar-refractivity contribution is 0.0333. The third kappa shape index (κ3) is 2.85. The molecule has 1 aromatic carbocycles. The Balaban J connectivity index is 1.62. The van der Waals surface area contributed by atoms with Gasteiger partial charge in [0.15, 0.2) is 0 Å². The Morgan fingerprint density at radius 1 is 1.26 bits per heavy atom. The van der Waals surface area contributed by atoms with Crippen molar-refractivity contribution in [2.24, 2.45) is 0 Å². The van der Waals surface area contributed by atoms with Gasteiger partial charge < -0.3 is 9.30 Å². The van der Waals surface area contributed by atoms with Crippen molar-refractivity contribution in [2.75, 3.05) is 12.8 Å². The molecule has 2 unspecified atom stereocenters. The van der Waals surface area contributed by atoms with E-state index in [1.165, 1.54) is 16.5 Å². The van der Waals surface area contributed by atoms with Gasteiger partial charge in [0.05, 0.1) is 12.7 Å². The van der Waals surface area contributed by atoms with Crippen LogP contribution in [0.25, 0.3) is 0 Å². The van der Waals surface area contributed by atoms with Gasteiger partial charge in [-0.25, -0.2) is 0 Å². The van der Waals surface area contributed by atoms with Crippen LogP contribution in [0.1, 0.15) is 31.2 Å². The molecule has 0 saturated heterocycles. The average Bonchev–Trinajstić information content (AvgIpc) is 2.73. The van der Waals surface area contributed by atoms with E-state index >= 15 is 0 Å². The van der Waals surface area contributed by atoms with Gasteiger partial charge in [0.1, 0.15) is 7.14 Å². The highest BCUT2D eigenvalue weighted by Gasteiger charge is 2.35. The summed E-state index contributed by atoms with van der Waals surface area (Å²) >= 11 is 0. The van der Waals surface area contributed by atoms with Crippen molar-refractivity contribution >= 4 is 7.14 Å². The summed E-state index contributed by atoms with van der Waals surface area (Å²) in [6, 6.07) is 10.3. The maximum Gasteiger partial charge on any atom is 0.109 e. The maximum absolute atomic E-state index is 12.5. The van der Waals surface area contributed by atoms with Gasteiger partial charge in [0.2, 0.25) is 0 Å². The highest BCUT2D eigenvalue weighted by Crippen LogP contribution is 2.61. The number of hydrogen-bond donors (Lipinski definition) is 0. The average molecular weight is 276 g/mol. The van der Waals surface area contributed by atoms with Crippen molar-refractivity contribution in [1.29, 1.82) is 0 Å². The first kappa shape index (κ1) is 13.1. The van der Waals surface area contributed by atoms with Crippen LogP contribution in [0.2, 0.25) is 0 Å². The molecule has 0 bridgehead atoms. The van der Waals surface area contributed by atoms with Gasteiger partial charge in [0, 0.05) is 12.6 Å². The van der Waals surface area contributed by atoms with E-state index in [-0.39, 0.29) is 6.10 Å². The lowest BCUT2D eigenvalue weighted by atomic mass is 9.95. The van der Waals surface area contributed by atoms with Crippen molar-refractivity contribution in [3.05, 3.63) is 46.8 Å². The second-order valence-corrected chi connectivity index (χ2v) is 8.98. The van der Waals surface area contributed by atoms with Crippen molar-refractivity contribution in [2.45, 2.75) is 38.4 Å². The number of allylic oxidation sites excluding steroid dienone is 1. The molecule has 2 atom stereocenters. The van der Waals surface area contributed by atoms with E-state index in [1.54, 1.807) is 0 Å². The summed E-state index contributed by atoms with van der Waals surface area (Å²) < 4.78 is 18.5. The van der Waals surface area contributed by atoms with Crippen molar-refractivity contribution < 1.29 is 9.30 Å². The number of hydrogen-bond acceptors (Lipinski definition) is 2. The third-order valence-corrected chi connectivity index (χ3v) is 7.05. The number of ether oxygens (including phenoxy) is 1. The Hall–Kier alpha value is -0.850. The summed E-state index contributed by atoms with van der Waals surface area (Å²) in [7, 11) is -2.01. The number of benzene rings is 1. The Morgan fingerprint density at radius 2 is 2.05 bits per heavy atom. The molecule has 0 radical (unpaired) electrons. The molecule has 0 fully saturated rings. The molecule has 0 N–H and O–H groups in total. The molecule has 3 heteroatoms. The lowest BCUT2D eigenvalue weighted by Crippen LogP contribution is -2.17. The van der Waals surface area contributed by atoms with Crippen LogP contribution in [0.5, 0.6) is 0 Å². The Kier molecular flexibility index (Phi) is 3.64. The molecule has 1 aliphatic heterocycles. The smallest absolute Gasteiger partial charge is 0.109 e. The van der Waals surface area contributed by atoms with Gasteiger partial charge in [-0.3, -0.25) is 0 Å². The second-order valence-electron chi connectivity index (χ2n) is 5.79. The first-order chi connectivity index (χ1) is 9.15. The summed E-state index contributed by atoms with van der Waals surface area (Å²) in [5, 5.41) is 1.26. The first-order valence-electron chi connectivity index (χ1n) is 7.09. The van der Waals surface area contributed by atoms with E-state index in [0.717, 1.165) is 31.8 Å². The summed E-state index contributed by atoms with van der Waals surface area (Å²) in [4.78, 5) is 0. The van der Waals surface area contributed by atoms with Crippen LogP contribution in [-0.4, -0.2) is 18.9 Å². The minimum Gasteiger partial charge on any atom is -0.373 e. The van der Waals surface area contributed by atoms with Crippen LogP contribution in [0.15, 0.2) is 41.2 Å². The molecule has 1 aromatic rings. The van der Waals surface area contributed by atoms with E-state index in [4.69, 9.17) is 4.74 Å². The van der Waals surface area contributed by atoms with Crippen LogP contribution in [0.3, 0.4) is 0 Å². The number of rotatable bonds is 3. The largest absolute Gasteiger partial charge is 0.373 e. The molecule has 0 aromatic heterocycles. The van der Waals surface area contributed by atoms with Crippen LogP contribution < -0.4 is 0 Å². The summed E-state index contributed by atoms with van der Waals surface area (Å²) in [5.41, 5.74) is 2.69. The molecule has 102 valence electrons. The van der Waals surface area contributed by atoms with E-state index < -0.39 is 7.14 Å². The van der Waals surface area contributed by atoms with Gasteiger partial charge in [-0.2, -0.15) is 0 Å². The topological polar surface area (TPSA) is 26.3 Å². The van der Waals surface area contributed by atoms with Crippen molar-refractivity contribution in [3.8, 4) is 0 Å². The molecule has 19 heavy (non-hydrogen) atoms. The van der Waals surface area contributed by atoms with Crippen LogP contribution >= 0.6 is 7.14 Å². The standard InChI is InChI=1S/C16H21O2P/c1-19(17)10-9-14-7-8-15(11-16(14)19)18-12-13-5-3-2-4-6-13/h2-6,15H,7-12H2,1H3. The Bertz CT molecular complexity index is 533. The fourth-order valence-electron chi connectivity index (χ4n) is 3.15. The predicted octanol–water partition coefficient (Wildman–Crippen LogP) is 4.41. The summed E-state index contributed by atoms with van der Waals surface area (Å²) in [5.74, 6) is 0. The highest BCUT2D eigenvalue weighted by molar-refractivity contribution is 7.67. The van der Waals surface area contributed by atoms with Crippen LogP contribution in [0.4, 0.5) is 0 Å². The van der Waals surface area contributed by atoms with Crippen LogP contribution in [-0.2, 0) is 15.9 Å². The fraction of sp³-hybridized carbons (Fsp3) is 0.500. The van der Waals surface area contributed by atoms with Gasteiger partial charge >= 0.3 is 0 Å². The third-order valence-electron chi connectivity index (χ3n) is 4.34. The van der Waals surface area contributed by atoms with E-state index in [2.05, 4.69) is 12.1 Å². The quantitative estimate of drug-likeness (QED) is 0.764. The molecule has 1 aliphatic carbocycles. The molecule has 0 spiro atoms. The van der Waals surface area contributed by atoms with Crippen molar-refractivity contribution in [3.63, 3.8) is 0 Å². The van der Waals surface area contributed by atoms with Gasteiger partial charge in [0.25, 0.3) is 0 Å². The van der Waals surface area contributed by atoms with E-state index in [0.29, 0.717) is 6.61 Å². The van der Waals surface area contributed by atoms with Crippen LogP contribution in [0, 0.1) is 0 Å². The lowest BCUT2D eigenvalue weighted by Gasteiger charge is -2.25. The molecular weight excluding hydrogens is 255 g/mol. The molecule has 2 nitrogen and oxygen atoms in total. The zero-order chi connectivity index (χ0) is 13.3. The molecular formula is C16H21O2P. The molecule has 0 saturated carbocycles. The zero-order valence-corrected chi connectivity index (χ0v) is 12.4. The van der Waals surface area contributed by atoms with Gasteiger partial charge in [-0.1, -0.05) is 35.9 Å². The van der Waals surface area contributed by atoms with Gasteiger partial charge in [-0.15, -0.1) is 0 Å². The minimum absolute atomic E-state index is 0.255. The van der Waals surface area contributed by atoms with Gasteiger partial charge in [-0.05, 0) is 36.8 Å². The molecule has 3 rings (SSSR count). The molecule has 0 amide bonds. The van der Waals surface area contributed by atoms with Crippen molar-refractivity contribution in [1.82, 2.24) is 0 Å². The summed E-state index contributed by atoms with van der Waals surface area (Å²) in [6.07, 6.45) is 5.29. The predicted molar refractivity (Wildman–Crippen MR) is 78.9 cm³/mol. The second kappa shape index (κ2) is 5.26. The Morgan fingerprint density at radius 3 is 2.84 bits per heavy atom. The highest BCUT2D eigenvalue weighted by atomic mass is 31.2.